The van der Waals surface area contributed by atoms with E-state index in [-0.39, 0.29) is 0 Å². The van der Waals surface area contributed by atoms with Crippen LogP contribution in [0.3, 0.4) is 0 Å². The number of nitrogen functional groups attached to an aromatic ring is 1. The van der Waals surface area contributed by atoms with Gasteiger partial charge in [0.15, 0.2) is 0 Å². The number of hydrogen-bond donors (Lipinski definition) is 2. The third-order valence-electron chi connectivity index (χ3n) is 2.25. The smallest absolute Gasteiger partial charge is 0.146 e. The SMILES string of the molecule is Cc1ccc(CNc2ncnc(N)c2Br)cn1. The number of anilines is 2. The highest BCUT2D eigenvalue weighted by molar-refractivity contribution is 9.10. The van der Waals surface area contributed by atoms with Crippen LogP contribution in [0.1, 0.15) is 11.3 Å². The highest BCUT2D eigenvalue weighted by Gasteiger charge is 2.05. The van der Waals surface area contributed by atoms with Gasteiger partial charge in [0.25, 0.3) is 0 Å². The van der Waals surface area contributed by atoms with Gasteiger partial charge in [-0.05, 0) is 34.5 Å². The van der Waals surface area contributed by atoms with Crippen LogP contribution in [0.2, 0.25) is 0 Å². The molecule has 6 heteroatoms. The highest BCUT2D eigenvalue weighted by atomic mass is 79.9. The summed E-state index contributed by atoms with van der Waals surface area (Å²) in [6.45, 7) is 2.60. The molecule has 0 spiro atoms. The molecule has 0 fully saturated rings. The number of pyridine rings is 1. The van der Waals surface area contributed by atoms with Crippen LogP contribution in [0.25, 0.3) is 0 Å². The Balaban J connectivity index is 2.07. The Morgan fingerprint density at radius 1 is 1.29 bits per heavy atom. The zero-order valence-corrected chi connectivity index (χ0v) is 10.9. The van der Waals surface area contributed by atoms with Crippen molar-refractivity contribution in [3.8, 4) is 0 Å². The van der Waals surface area contributed by atoms with Crippen LogP contribution in [0.4, 0.5) is 11.6 Å². The van der Waals surface area contributed by atoms with Gasteiger partial charge in [-0.25, -0.2) is 9.97 Å². The fourth-order valence-electron chi connectivity index (χ4n) is 1.30. The molecule has 0 unspecified atom stereocenters. The molecule has 0 amide bonds. The molecule has 17 heavy (non-hydrogen) atoms. The third kappa shape index (κ3) is 2.91. The summed E-state index contributed by atoms with van der Waals surface area (Å²) >= 11 is 3.34. The summed E-state index contributed by atoms with van der Waals surface area (Å²) in [5, 5.41) is 3.17. The number of rotatable bonds is 3. The Labute approximate surface area is 108 Å². The Morgan fingerprint density at radius 3 is 2.82 bits per heavy atom. The minimum absolute atomic E-state index is 0.421. The lowest BCUT2D eigenvalue weighted by atomic mass is 10.2. The number of hydrogen-bond acceptors (Lipinski definition) is 5. The van der Waals surface area contributed by atoms with Crippen LogP contribution in [0, 0.1) is 6.92 Å². The van der Waals surface area contributed by atoms with Crippen LogP contribution in [0.5, 0.6) is 0 Å². The maximum atomic E-state index is 5.66. The Bertz CT molecular complexity index is 512. The van der Waals surface area contributed by atoms with Crippen molar-refractivity contribution >= 4 is 27.6 Å². The predicted octanol–water partition coefficient (Wildman–Crippen LogP) is 2.14. The standard InChI is InChI=1S/C11H12BrN5/c1-7-2-3-8(4-14-7)5-15-11-9(12)10(13)16-6-17-11/h2-4,6H,5H2,1H3,(H3,13,15,16,17). The highest BCUT2D eigenvalue weighted by Crippen LogP contribution is 2.24. The van der Waals surface area contributed by atoms with E-state index in [1.807, 2.05) is 25.3 Å². The van der Waals surface area contributed by atoms with E-state index in [2.05, 4.69) is 36.2 Å². The number of aryl methyl sites for hydroxylation is 1. The number of nitrogens with two attached hydrogens (primary N) is 1. The van der Waals surface area contributed by atoms with E-state index in [0.29, 0.717) is 22.7 Å². The summed E-state index contributed by atoms with van der Waals surface area (Å²) in [7, 11) is 0. The van der Waals surface area contributed by atoms with E-state index in [1.54, 1.807) is 0 Å². The van der Waals surface area contributed by atoms with Crippen LogP contribution < -0.4 is 11.1 Å². The minimum atomic E-state index is 0.421. The fraction of sp³-hybridized carbons (Fsp3) is 0.182. The summed E-state index contributed by atoms with van der Waals surface area (Å²) in [6.07, 6.45) is 3.26. The monoisotopic (exact) mass is 293 g/mol. The fourth-order valence-corrected chi connectivity index (χ4v) is 1.64. The second-order valence-corrected chi connectivity index (χ2v) is 4.38. The summed E-state index contributed by atoms with van der Waals surface area (Å²) in [5.41, 5.74) is 7.74. The van der Waals surface area contributed by atoms with E-state index in [9.17, 15) is 0 Å². The molecule has 0 saturated heterocycles. The largest absolute Gasteiger partial charge is 0.383 e. The molecule has 2 heterocycles. The first-order valence-corrected chi connectivity index (χ1v) is 5.87. The molecule has 0 aliphatic heterocycles. The molecule has 0 atom stereocenters. The van der Waals surface area contributed by atoms with Crippen molar-refractivity contribution in [2.45, 2.75) is 13.5 Å². The first-order chi connectivity index (χ1) is 8.16. The Kier molecular flexibility index (Phi) is 3.53. The molecular formula is C11H12BrN5. The van der Waals surface area contributed by atoms with Gasteiger partial charge in [-0.3, -0.25) is 4.98 Å². The number of nitrogens with one attached hydrogen (secondary N) is 1. The molecule has 0 saturated carbocycles. The van der Waals surface area contributed by atoms with Crippen molar-refractivity contribution in [1.82, 2.24) is 15.0 Å². The first kappa shape index (κ1) is 11.8. The maximum Gasteiger partial charge on any atom is 0.146 e. The molecule has 2 aromatic rings. The second kappa shape index (κ2) is 5.09. The van der Waals surface area contributed by atoms with Gasteiger partial charge >= 0.3 is 0 Å². The number of halogens is 1. The van der Waals surface area contributed by atoms with Crippen molar-refractivity contribution < 1.29 is 0 Å². The average Bonchev–Trinajstić information content (AvgIpc) is 2.33. The van der Waals surface area contributed by atoms with Crippen molar-refractivity contribution in [2.24, 2.45) is 0 Å². The van der Waals surface area contributed by atoms with Crippen LogP contribution >= 0.6 is 15.9 Å². The molecule has 0 radical (unpaired) electrons. The van der Waals surface area contributed by atoms with Gasteiger partial charge in [0, 0.05) is 18.4 Å². The van der Waals surface area contributed by atoms with E-state index < -0.39 is 0 Å². The summed E-state index contributed by atoms with van der Waals surface area (Å²) in [5.74, 6) is 1.10. The van der Waals surface area contributed by atoms with E-state index in [4.69, 9.17) is 5.73 Å². The molecule has 5 nitrogen and oxygen atoms in total. The van der Waals surface area contributed by atoms with Gasteiger partial charge < -0.3 is 11.1 Å². The van der Waals surface area contributed by atoms with Crippen LogP contribution in [-0.4, -0.2) is 15.0 Å². The summed E-state index contributed by atoms with van der Waals surface area (Å²) in [6, 6.07) is 3.99. The topological polar surface area (TPSA) is 76.7 Å². The van der Waals surface area contributed by atoms with Crippen molar-refractivity contribution in [1.29, 1.82) is 0 Å². The third-order valence-corrected chi connectivity index (χ3v) is 3.03. The summed E-state index contributed by atoms with van der Waals surface area (Å²) in [4.78, 5) is 12.2. The zero-order valence-electron chi connectivity index (χ0n) is 9.31. The molecule has 0 bridgehead atoms. The second-order valence-electron chi connectivity index (χ2n) is 3.58. The number of nitrogens with zero attached hydrogens (tertiary/aromatic N) is 3. The van der Waals surface area contributed by atoms with E-state index in [1.165, 1.54) is 6.33 Å². The Hall–Kier alpha value is -1.69. The quantitative estimate of drug-likeness (QED) is 0.907. The maximum absolute atomic E-state index is 5.66. The van der Waals surface area contributed by atoms with Gasteiger partial charge in [0.1, 0.15) is 22.4 Å². The van der Waals surface area contributed by atoms with Crippen molar-refractivity contribution in [3.05, 3.63) is 40.4 Å². The molecule has 88 valence electrons. The van der Waals surface area contributed by atoms with Crippen LogP contribution in [-0.2, 0) is 6.54 Å². The molecule has 0 aliphatic rings. The lowest BCUT2D eigenvalue weighted by molar-refractivity contribution is 1.05. The normalized spacial score (nSPS) is 10.2. The predicted molar refractivity (Wildman–Crippen MR) is 70.4 cm³/mol. The Morgan fingerprint density at radius 2 is 2.12 bits per heavy atom. The van der Waals surface area contributed by atoms with E-state index in [0.717, 1.165) is 11.3 Å². The van der Waals surface area contributed by atoms with Gasteiger partial charge in [0.05, 0.1) is 0 Å². The zero-order chi connectivity index (χ0) is 12.3. The molecular weight excluding hydrogens is 282 g/mol. The average molecular weight is 294 g/mol. The van der Waals surface area contributed by atoms with Crippen molar-refractivity contribution in [2.75, 3.05) is 11.1 Å². The number of aromatic nitrogens is 3. The molecule has 0 aromatic carbocycles. The molecule has 2 aromatic heterocycles. The molecule has 2 rings (SSSR count). The minimum Gasteiger partial charge on any atom is -0.383 e. The van der Waals surface area contributed by atoms with E-state index >= 15 is 0 Å². The van der Waals surface area contributed by atoms with Gasteiger partial charge in [0.2, 0.25) is 0 Å². The summed E-state index contributed by atoms with van der Waals surface area (Å²) < 4.78 is 0.681. The van der Waals surface area contributed by atoms with Gasteiger partial charge in [-0.1, -0.05) is 6.07 Å². The molecule has 3 N–H and O–H groups in total. The lowest BCUT2D eigenvalue weighted by Gasteiger charge is -2.08. The lowest BCUT2D eigenvalue weighted by Crippen LogP contribution is -2.05. The first-order valence-electron chi connectivity index (χ1n) is 5.08. The van der Waals surface area contributed by atoms with Crippen molar-refractivity contribution in [3.63, 3.8) is 0 Å². The molecule has 0 aliphatic carbocycles. The van der Waals surface area contributed by atoms with Gasteiger partial charge in [-0.2, -0.15) is 0 Å². The van der Waals surface area contributed by atoms with Gasteiger partial charge in [-0.15, -0.1) is 0 Å². The van der Waals surface area contributed by atoms with Crippen LogP contribution in [0.15, 0.2) is 29.1 Å².